The molecule has 234 valence electrons. The summed E-state index contributed by atoms with van der Waals surface area (Å²) >= 11 is 0. The van der Waals surface area contributed by atoms with Gasteiger partial charge in [-0.3, -0.25) is 9.59 Å². The van der Waals surface area contributed by atoms with Gasteiger partial charge in [-0.2, -0.15) is 5.26 Å². The highest BCUT2D eigenvalue weighted by Crippen LogP contribution is 2.25. The number of fused-ring (bicyclic) bond motifs is 1. The van der Waals surface area contributed by atoms with Crippen molar-refractivity contribution in [2.45, 2.75) is 116 Å². The second-order valence-electron chi connectivity index (χ2n) is 12.1. The zero-order valence-electron chi connectivity index (χ0n) is 25.9. The fourth-order valence-electron chi connectivity index (χ4n) is 5.88. The summed E-state index contributed by atoms with van der Waals surface area (Å²) in [5, 5.41) is 28.6. The first-order valence-corrected chi connectivity index (χ1v) is 15.4. The number of H-pyrrole nitrogens is 1. The highest BCUT2D eigenvalue weighted by atomic mass is 16.4. The predicted octanol–water partition coefficient (Wildman–Crippen LogP) is 4.21. The van der Waals surface area contributed by atoms with Crippen molar-refractivity contribution in [1.82, 2.24) is 25.8 Å². The number of nitriles is 1. The van der Waals surface area contributed by atoms with Crippen molar-refractivity contribution in [2.75, 3.05) is 0 Å². The number of nitrogens with one attached hydrogen (secondary N) is 4. The van der Waals surface area contributed by atoms with Gasteiger partial charge in [0.15, 0.2) is 0 Å². The minimum absolute atomic E-state index is 0.0346. The maximum absolute atomic E-state index is 13.8. The minimum atomic E-state index is -1.19. The second kappa shape index (κ2) is 15.4. The molecule has 0 aliphatic carbocycles. The number of unbranched alkanes of at least 4 members (excludes halogenated alkanes) is 1. The zero-order valence-corrected chi connectivity index (χ0v) is 25.9. The summed E-state index contributed by atoms with van der Waals surface area (Å²) in [4.78, 5) is 57.6. The monoisotopic (exact) mass is 594 g/mol. The number of hydrogen-bond acceptors (Lipinski definition) is 5. The van der Waals surface area contributed by atoms with Crippen molar-refractivity contribution >= 4 is 34.7 Å². The van der Waals surface area contributed by atoms with Crippen LogP contribution in [0, 0.1) is 17.2 Å². The van der Waals surface area contributed by atoms with Crippen molar-refractivity contribution in [3.8, 4) is 6.07 Å². The van der Waals surface area contributed by atoms with Gasteiger partial charge < -0.3 is 30.9 Å². The fourth-order valence-corrected chi connectivity index (χ4v) is 5.88. The highest BCUT2D eigenvalue weighted by Gasteiger charge is 2.34. The summed E-state index contributed by atoms with van der Waals surface area (Å²) < 4.78 is 0. The molecule has 3 rings (SSSR count). The standard InChI is InChI=1S/C32H46N6O5/c1-6-7-14-25(31(41)42)35-30(40)27(17-23-22-13-8-9-15-24(22)34-28(23)18-33)36-29(39)26(16-19(2)3)37-32(43)38-20(4)11-10-12-21(38)5/h8-9,13,15,19-21,25-27,34H,6-7,10-12,14,16-17H2,1-5H3,(H,35,40)(H,36,39)(H,37,43)(H,41,42)/t20?,21?,25-,26+,27-/m1/s1. The van der Waals surface area contributed by atoms with Gasteiger partial charge in [0, 0.05) is 29.4 Å². The van der Waals surface area contributed by atoms with Crippen LogP contribution < -0.4 is 16.0 Å². The number of likely N-dealkylation sites (tertiary alicyclic amines) is 1. The van der Waals surface area contributed by atoms with Crippen LogP contribution in [0.2, 0.25) is 0 Å². The van der Waals surface area contributed by atoms with Gasteiger partial charge in [0.25, 0.3) is 0 Å². The summed E-state index contributed by atoms with van der Waals surface area (Å²) in [7, 11) is 0. The number of rotatable bonds is 13. The molecule has 5 atom stereocenters. The van der Waals surface area contributed by atoms with Crippen molar-refractivity contribution < 1.29 is 24.3 Å². The van der Waals surface area contributed by atoms with Gasteiger partial charge >= 0.3 is 12.0 Å². The number of aliphatic carboxylic acids is 1. The van der Waals surface area contributed by atoms with Crippen LogP contribution in [0.15, 0.2) is 24.3 Å². The first-order chi connectivity index (χ1) is 20.5. The Kier molecular flexibility index (Phi) is 12.0. The summed E-state index contributed by atoms with van der Waals surface area (Å²) in [5.41, 5.74) is 1.51. The van der Waals surface area contributed by atoms with Crippen LogP contribution in [0.25, 0.3) is 10.9 Å². The van der Waals surface area contributed by atoms with Crippen LogP contribution in [0.1, 0.15) is 90.8 Å². The lowest BCUT2D eigenvalue weighted by molar-refractivity contribution is -0.142. The number of para-hydroxylation sites is 1. The quantitative estimate of drug-likeness (QED) is 0.233. The average molecular weight is 595 g/mol. The van der Waals surface area contributed by atoms with Crippen LogP contribution in [0.3, 0.4) is 0 Å². The normalized spacial score (nSPS) is 18.9. The summed E-state index contributed by atoms with van der Waals surface area (Å²) in [6, 6.07) is 5.92. The molecule has 1 saturated heterocycles. The number of amides is 4. The van der Waals surface area contributed by atoms with E-state index >= 15 is 0 Å². The lowest BCUT2D eigenvalue weighted by Crippen LogP contribution is -2.59. The van der Waals surface area contributed by atoms with E-state index in [0.717, 1.165) is 31.1 Å². The third kappa shape index (κ3) is 8.72. The van der Waals surface area contributed by atoms with E-state index in [0.29, 0.717) is 23.9 Å². The van der Waals surface area contributed by atoms with E-state index in [1.165, 1.54) is 0 Å². The highest BCUT2D eigenvalue weighted by molar-refractivity contribution is 5.94. The number of urea groups is 1. The van der Waals surface area contributed by atoms with Gasteiger partial charge in [0.05, 0.1) is 0 Å². The van der Waals surface area contributed by atoms with Crippen LogP contribution in [-0.2, 0) is 20.8 Å². The van der Waals surface area contributed by atoms with Gasteiger partial charge in [-0.15, -0.1) is 0 Å². The molecule has 1 aliphatic rings. The Labute approximate surface area is 253 Å². The second-order valence-corrected chi connectivity index (χ2v) is 12.1. The van der Waals surface area contributed by atoms with Gasteiger partial charge in [0.2, 0.25) is 11.8 Å². The number of carboxylic acid groups (broad SMARTS) is 1. The summed E-state index contributed by atoms with van der Waals surface area (Å²) in [5.74, 6) is -2.31. The molecule has 0 radical (unpaired) electrons. The van der Waals surface area contributed by atoms with E-state index in [1.54, 1.807) is 4.90 Å². The Bertz CT molecular complexity index is 1320. The molecular weight excluding hydrogens is 548 g/mol. The molecule has 11 heteroatoms. The van der Waals surface area contributed by atoms with Gasteiger partial charge in [-0.05, 0) is 63.5 Å². The number of hydrogen-bond donors (Lipinski definition) is 5. The molecule has 43 heavy (non-hydrogen) atoms. The Morgan fingerprint density at radius 3 is 2.26 bits per heavy atom. The molecule has 1 aromatic heterocycles. The number of aromatic amines is 1. The minimum Gasteiger partial charge on any atom is -0.480 e. The maximum atomic E-state index is 13.8. The SMILES string of the molecule is CCCC[C@@H](NC(=O)[C@@H](Cc1c(C#N)[nH]c2ccccc12)NC(=O)[C@H](CC(C)C)NC(=O)N1C(C)CCCC1C)C(=O)O. The van der Waals surface area contributed by atoms with Gasteiger partial charge in [-0.1, -0.05) is 51.8 Å². The number of aromatic nitrogens is 1. The number of carbonyl (C=O) groups is 4. The maximum Gasteiger partial charge on any atom is 0.326 e. The smallest absolute Gasteiger partial charge is 0.326 e. The number of nitrogens with zero attached hydrogens (tertiary/aromatic N) is 2. The topological polar surface area (TPSA) is 167 Å². The van der Waals surface area contributed by atoms with Gasteiger partial charge in [0.1, 0.15) is 29.9 Å². The summed E-state index contributed by atoms with van der Waals surface area (Å²) in [6.07, 6.45) is 4.70. The molecule has 0 saturated carbocycles. The number of carboxylic acids is 1. The number of benzene rings is 1. The summed E-state index contributed by atoms with van der Waals surface area (Å²) in [6.45, 7) is 9.81. The van der Waals surface area contributed by atoms with Crippen LogP contribution in [-0.4, -0.2) is 69.0 Å². The Morgan fingerprint density at radius 2 is 1.65 bits per heavy atom. The molecule has 4 amide bonds. The van der Waals surface area contributed by atoms with Crippen molar-refractivity contribution in [2.24, 2.45) is 5.92 Å². The molecular formula is C32H46N6O5. The zero-order chi connectivity index (χ0) is 31.7. The third-order valence-corrected chi connectivity index (χ3v) is 8.18. The van der Waals surface area contributed by atoms with E-state index in [4.69, 9.17) is 0 Å². The Balaban J connectivity index is 1.91. The van der Waals surface area contributed by atoms with Crippen LogP contribution in [0.5, 0.6) is 0 Å². The third-order valence-electron chi connectivity index (χ3n) is 8.18. The predicted molar refractivity (Wildman–Crippen MR) is 164 cm³/mol. The van der Waals surface area contributed by atoms with E-state index in [-0.39, 0.29) is 42.6 Å². The molecule has 1 fully saturated rings. The Hall–Kier alpha value is -4.07. The lowest BCUT2D eigenvalue weighted by atomic mass is 9.97. The first-order valence-electron chi connectivity index (χ1n) is 15.4. The first kappa shape index (κ1) is 33.4. The van der Waals surface area contributed by atoms with Crippen LogP contribution >= 0.6 is 0 Å². The molecule has 0 bridgehead atoms. The van der Waals surface area contributed by atoms with Gasteiger partial charge in [-0.25, -0.2) is 9.59 Å². The molecule has 1 aromatic carbocycles. The van der Waals surface area contributed by atoms with Crippen molar-refractivity contribution in [3.05, 3.63) is 35.5 Å². The van der Waals surface area contributed by atoms with Crippen molar-refractivity contribution in [1.29, 1.82) is 5.26 Å². The molecule has 0 spiro atoms. The largest absolute Gasteiger partial charge is 0.480 e. The van der Waals surface area contributed by atoms with E-state index in [9.17, 15) is 29.5 Å². The van der Waals surface area contributed by atoms with E-state index in [1.807, 2.05) is 58.9 Å². The lowest BCUT2D eigenvalue weighted by Gasteiger charge is -2.39. The molecule has 5 N–H and O–H groups in total. The van der Waals surface area contributed by atoms with Crippen LogP contribution in [0.4, 0.5) is 4.79 Å². The number of carbonyl (C=O) groups excluding carboxylic acids is 3. The number of piperidine rings is 1. The Morgan fingerprint density at radius 1 is 1.02 bits per heavy atom. The van der Waals surface area contributed by atoms with E-state index in [2.05, 4.69) is 27.0 Å². The molecule has 2 heterocycles. The molecule has 1 aliphatic heterocycles. The average Bonchev–Trinajstić information content (AvgIpc) is 3.31. The molecule has 2 unspecified atom stereocenters. The molecule has 2 aromatic rings. The molecule has 11 nitrogen and oxygen atoms in total. The van der Waals surface area contributed by atoms with E-state index < -0.39 is 35.9 Å². The van der Waals surface area contributed by atoms with Crippen molar-refractivity contribution in [3.63, 3.8) is 0 Å². The fraction of sp³-hybridized carbons (Fsp3) is 0.594.